The van der Waals surface area contributed by atoms with Crippen molar-refractivity contribution < 1.29 is 9.90 Å². The van der Waals surface area contributed by atoms with E-state index in [0.29, 0.717) is 6.42 Å². The number of carbonyl (C=O) groups is 1. The van der Waals surface area contributed by atoms with E-state index in [1.165, 1.54) is 0 Å². The molecule has 0 aliphatic heterocycles. The van der Waals surface area contributed by atoms with Gasteiger partial charge in [-0.2, -0.15) is 15.4 Å². The van der Waals surface area contributed by atoms with Crippen molar-refractivity contribution in [1.29, 1.82) is 0 Å². The Labute approximate surface area is 112 Å². The highest BCUT2D eigenvalue weighted by Gasteiger charge is 2.36. The zero-order valence-corrected chi connectivity index (χ0v) is 11.5. The fourth-order valence-corrected chi connectivity index (χ4v) is 2.53. The molecule has 0 spiro atoms. The van der Waals surface area contributed by atoms with Gasteiger partial charge in [0.2, 0.25) is 0 Å². The van der Waals surface area contributed by atoms with Crippen LogP contribution in [-0.4, -0.2) is 26.5 Å². The van der Waals surface area contributed by atoms with Crippen LogP contribution < -0.4 is 0 Å². The van der Waals surface area contributed by atoms with E-state index in [-0.39, 0.29) is 0 Å². The zero-order valence-electron chi connectivity index (χ0n) is 11.5. The van der Waals surface area contributed by atoms with E-state index in [0.717, 1.165) is 35.0 Å². The second-order valence-electron chi connectivity index (χ2n) is 5.17. The number of aryl methyl sites for hydroxylation is 1. The zero-order chi connectivity index (χ0) is 14.0. The number of rotatable bonds is 5. The van der Waals surface area contributed by atoms with Gasteiger partial charge in [0.25, 0.3) is 0 Å². The molecule has 0 saturated heterocycles. The van der Waals surface area contributed by atoms with Crippen LogP contribution in [-0.2, 0) is 10.2 Å². The molecule has 0 bridgehead atoms. The van der Waals surface area contributed by atoms with E-state index in [4.69, 9.17) is 0 Å². The molecule has 0 amide bonds. The monoisotopic (exact) mass is 261 g/mol. The van der Waals surface area contributed by atoms with Gasteiger partial charge in [0.1, 0.15) is 11.0 Å². The Hall–Kier alpha value is -1.91. The first-order valence-corrected chi connectivity index (χ1v) is 6.54. The number of carboxylic acid groups (broad SMARTS) is 1. The Morgan fingerprint density at radius 3 is 2.79 bits per heavy atom. The van der Waals surface area contributed by atoms with Gasteiger partial charge in [0, 0.05) is 0 Å². The maximum Gasteiger partial charge on any atom is 0.313 e. The van der Waals surface area contributed by atoms with Crippen molar-refractivity contribution in [2.45, 2.75) is 45.4 Å². The van der Waals surface area contributed by atoms with E-state index < -0.39 is 11.4 Å². The summed E-state index contributed by atoms with van der Waals surface area (Å²) in [5.41, 5.74) is 2.38. The summed E-state index contributed by atoms with van der Waals surface area (Å²) < 4.78 is 0. The maximum absolute atomic E-state index is 11.7. The topological polar surface area (TPSA) is 78.9 Å². The summed E-state index contributed by atoms with van der Waals surface area (Å²) in [5.74, 6) is -0.785. The number of benzene rings is 1. The number of nitrogens with zero attached hydrogens (tertiary/aromatic N) is 2. The lowest BCUT2D eigenvalue weighted by molar-refractivity contribution is -0.143. The summed E-state index contributed by atoms with van der Waals surface area (Å²) in [6.45, 7) is 5.77. The Balaban J connectivity index is 2.55. The summed E-state index contributed by atoms with van der Waals surface area (Å²) in [6, 6.07) is 3.69. The molecule has 102 valence electrons. The first kappa shape index (κ1) is 13.5. The lowest BCUT2D eigenvalue weighted by Crippen LogP contribution is -2.33. The third-order valence-corrected chi connectivity index (χ3v) is 3.84. The SMILES string of the molecule is CCCCC(C)(C(=O)O)c1ccc2n[nH]nc2c1C. The van der Waals surface area contributed by atoms with Gasteiger partial charge in [-0.05, 0) is 37.5 Å². The number of aromatic amines is 1. The highest BCUT2D eigenvalue weighted by Crippen LogP contribution is 2.34. The molecule has 2 N–H and O–H groups in total. The second-order valence-corrected chi connectivity index (χ2v) is 5.17. The van der Waals surface area contributed by atoms with Gasteiger partial charge in [-0.3, -0.25) is 4.79 Å². The second kappa shape index (κ2) is 4.99. The highest BCUT2D eigenvalue weighted by atomic mass is 16.4. The summed E-state index contributed by atoms with van der Waals surface area (Å²) in [5, 5.41) is 20.3. The number of H-pyrrole nitrogens is 1. The molecule has 1 aromatic carbocycles. The van der Waals surface area contributed by atoms with Crippen molar-refractivity contribution in [2.24, 2.45) is 0 Å². The average Bonchev–Trinajstić information content (AvgIpc) is 2.85. The molecule has 0 saturated carbocycles. The first-order chi connectivity index (χ1) is 9.00. The third kappa shape index (κ3) is 2.20. The third-order valence-electron chi connectivity index (χ3n) is 3.84. The van der Waals surface area contributed by atoms with Gasteiger partial charge in [-0.1, -0.05) is 25.8 Å². The molecule has 1 unspecified atom stereocenters. The first-order valence-electron chi connectivity index (χ1n) is 6.54. The number of aliphatic carboxylic acids is 1. The molecule has 19 heavy (non-hydrogen) atoms. The van der Waals surface area contributed by atoms with Crippen molar-refractivity contribution in [3.05, 3.63) is 23.3 Å². The molecule has 2 rings (SSSR count). The van der Waals surface area contributed by atoms with Gasteiger partial charge in [-0.15, -0.1) is 0 Å². The van der Waals surface area contributed by atoms with Crippen LogP contribution in [0.3, 0.4) is 0 Å². The van der Waals surface area contributed by atoms with Gasteiger partial charge >= 0.3 is 5.97 Å². The molecular weight excluding hydrogens is 242 g/mol. The van der Waals surface area contributed by atoms with Crippen LogP contribution in [0.4, 0.5) is 0 Å². The van der Waals surface area contributed by atoms with Crippen LogP contribution in [0.1, 0.15) is 44.2 Å². The number of unbranched alkanes of at least 4 members (excludes halogenated alkanes) is 1. The summed E-state index contributed by atoms with van der Waals surface area (Å²) >= 11 is 0. The molecular formula is C14H19N3O2. The minimum absolute atomic E-state index is 0.628. The molecule has 0 radical (unpaired) electrons. The molecule has 1 heterocycles. The standard InChI is InChI=1S/C14H19N3O2/c1-4-5-8-14(3,13(18)19)10-6-7-11-12(9(10)2)16-17-15-11/h6-7H,4-5,8H2,1-3H3,(H,18,19)(H,15,16,17). The minimum Gasteiger partial charge on any atom is -0.481 e. The van der Waals surface area contributed by atoms with Crippen LogP contribution in [0.2, 0.25) is 0 Å². The van der Waals surface area contributed by atoms with Crippen molar-refractivity contribution >= 4 is 17.0 Å². The lowest BCUT2D eigenvalue weighted by Gasteiger charge is -2.27. The van der Waals surface area contributed by atoms with E-state index in [1.807, 2.05) is 19.1 Å². The number of hydrogen-bond acceptors (Lipinski definition) is 3. The average molecular weight is 261 g/mol. The lowest BCUT2D eigenvalue weighted by atomic mass is 9.76. The Bertz CT molecular complexity index is 606. The number of aromatic nitrogens is 3. The maximum atomic E-state index is 11.7. The summed E-state index contributed by atoms with van der Waals surface area (Å²) in [4.78, 5) is 11.7. The van der Waals surface area contributed by atoms with Gasteiger partial charge < -0.3 is 5.11 Å². The molecule has 5 nitrogen and oxygen atoms in total. The number of hydrogen-bond donors (Lipinski definition) is 2. The number of nitrogens with one attached hydrogen (secondary N) is 1. The van der Waals surface area contributed by atoms with E-state index in [9.17, 15) is 9.90 Å². The Morgan fingerprint density at radius 1 is 1.42 bits per heavy atom. The van der Waals surface area contributed by atoms with Crippen LogP contribution in [0.15, 0.2) is 12.1 Å². The van der Waals surface area contributed by atoms with Gasteiger partial charge in [-0.25, -0.2) is 0 Å². The predicted octanol–water partition coefficient (Wildman–Crippen LogP) is 2.80. The quantitative estimate of drug-likeness (QED) is 0.867. The van der Waals surface area contributed by atoms with Gasteiger partial charge in [0.15, 0.2) is 0 Å². The van der Waals surface area contributed by atoms with Crippen LogP contribution in [0.5, 0.6) is 0 Å². The van der Waals surface area contributed by atoms with E-state index >= 15 is 0 Å². The van der Waals surface area contributed by atoms with Gasteiger partial charge in [0.05, 0.1) is 5.41 Å². The number of carboxylic acids is 1. The van der Waals surface area contributed by atoms with E-state index in [1.54, 1.807) is 6.92 Å². The van der Waals surface area contributed by atoms with Crippen molar-refractivity contribution in [2.75, 3.05) is 0 Å². The van der Waals surface area contributed by atoms with Crippen molar-refractivity contribution in [3.63, 3.8) is 0 Å². The molecule has 0 fully saturated rings. The molecule has 5 heteroatoms. The fraction of sp³-hybridized carbons (Fsp3) is 0.500. The molecule has 0 aliphatic carbocycles. The molecule has 1 aromatic heterocycles. The Morgan fingerprint density at radius 2 is 2.16 bits per heavy atom. The molecule has 2 aromatic rings. The normalized spacial score (nSPS) is 14.5. The van der Waals surface area contributed by atoms with Crippen LogP contribution >= 0.6 is 0 Å². The minimum atomic E-state index is -0.868. The molecule has 1 atom stereocenters. The predicted molar refractivity (Wildman–Crippen MR) is 73.1 cm³/mol. The van der Waals surface area contributed by atoms with Crippen molar-refractivity contribution in [1.82, 2.24) is 15.4 Å². The number of fused-ring (bicyclic) bond motifs is 1. The fourth-order valence-electron chi connectivity index (χ4n) is 2.53. The smallest absolute Gasteiger partial charge is 0.313 e. The summed E-state index contributed by atoms with van der Waals surface area (Å²) in [6.07, 6.45) is 2.50. The summed E-state index contributed by atoms with van der Waals surface area (Å²) in [7, 11) is 0. The Kier molecular flexibility index (Phi) is 3.55. The van der Waals surface area contributed by atoms with E-state index in [2.05, 4.69) is 22.3 Å². The molecule has 0 aliphatic rings. The van der Waals surface area contributed by atoms with Crippen LogP contribution in [0, 0.1) is 6.92 Å². The largest absolute Gasteiger partial charge is 0.481 e. The van der Waals surface area contributed by atoms with Crippen LogP contribution in [0.25, 0.3) is 11.0 Å². The highest BCUT2D eigenvalue weighted by molar-refractivity contribution is 5.86. The van der Waals surface area contributed by atoms with Crippen molar-refractivity contribution in [3.8, 4) is 0 Å².